The number of hydrogen-bond donors (Lipinski definition) is 3. The summed E-state index contributed by atoms with van der Waals surface area (Å²) in [6, 6.07) is 5.87. The van der Waals surface area contributed by atoms with Gasteiger partial charge in [0.2, 0.25) is 5.91 Å². The van der Waals surface area contributed by atoms with Crippen LogP contribution in [-0.4, -0.2) is 45.2 Å². The van der Waals surface area contributed by atoms with Crippen LogP contribution in [0.2, 0.25) is 0 Å². The molecule has 8 heteroatoms. The van der Waals surface area contributed by atoms with Crippen molar-refractivity contribution in [1.29, 1.82) is 0 Å². The normalized spacial score (nSPS) is 13.3. The molecule has 1 saturated carbocycles. The number of methoxy groups -OCH3 is 1. The summed E-state index contributed by atoms with van der Waals surface area (Å²) in [5, 5.41) is 9.40. The van der Waals surface area contributed by atoms with Gasteiger partial charge >= 0.3 is 0 Å². The Hall–Kier alpha value is -1.71. The zero-order valence-electron chi connectivity index (χ0n) is 17.0. The highest BCUT2D eigenvalue weighted by molar-refractivity contribution is 14.0. The first-order valence-corrected chi connectivity index (χ1v) is 9.77. The second-order valence-corrected chi connectivity index (χ2v) is 6.52. The second-order valence-electron chi connectivity index (χ2n) is 6.52. The number of aliphatic imine (C=N–C) groups is 1. The molecule has 1 fully saturated rings. The van der Waals surface area contributed by atoms with Gasteiger partial charge in [-0.25, -0.2) is 4.99 Å². The van der Waals surface area contributed by atoms with Gasteiger partial charge in [-0.15, -0.1) is 24.0 Å². The first kappa shape index (κ1) is 24.3. The van der Waals surface area contributed by atoms with Gasteiger partial charge in [-0.05, 0) is 43.9 Å². The minimum atomic E-state index is 0. The van der Waals surface area contributed by atoms with Crippen molar-refractivity contribution in [2.45, 2.75) is 39.7 Å². The van der Waals surface area contributed by atoms with Crippen molar-refractivity contribution in [2.75, 3.05) is 33.4 Å². The van der Waals surface area contributed by atoms with E-state index in [4.69, 9.17) is 9.47 Å². The Kier molecular flexibility index (Phi) is 11.7. The van der Waals surface area contributed by atoms with Crippen molar-refractivity contribution in [3.05, 3.63) is 23.8 Å². The van der Waals surface area contributed by atoms with E-state index in [0.29, 0.717) is 26.2 Å². The van der Waals surface area contributed by atoms with Crippen LogP contribution in [-0.2, 0) is 11.3 Å². The molecule has 0 saturated heterocycles. The molecule has 0 unspecified atom stereocenters. The Bertz CT molecular complexity index is 636. The number of guanidine groups is 1. The Balaban J connectivity index is 0.00000392. The number of carbonyl (C=O) groups excluding carboxylic acids is 1. The number of hydrogen-bond acceptors (Lipinski definition) is 4. The average Bonchev–Trinajstić information content (AvgIpc) is 3.53. The molecule has 0 spiro atoms. The number of benzene rings is 1. The fourth-order valence-corrected chi connectivity index (χ4v) is 2.51. The quantitative estimate of drug-likeness (QED) is 0.187. The van der Waals surface area contributed by atoms with E-state index in [0.717, 1.165) is 48.8 Å². The third-order valence-corrected chi connectivity index (χ3v) is 4.12. The monoisotopic (exact) mass is 504 g/mol. The molecule has 1 amide bonds. The minimum Gasteiger partial charge on any atom is -0.493 e. The van der Waals surface area contributed by atoms with Gasteiger partial charge in [0, 0.05) is 25.6 Å². The van der Waals surface area contributed by atoms with E-state index in [1.54, 1.807) is 7.11 Å². The van der Waals surface area contributed by atoms with Crippen LogP contribution in [0.25, 0.3) is 0 Å². The average molecular weight is 504 g/mol. The maximum atomic E-state index is 11.6. The lowest BCUT2D eigenvalue weighted by molar-refractivity contribution is -0.122. The lowest BCUT2D eigenvalue weighted by Gasteiger charge is -2.13. The Morgan fingerprint density at radius 3 is 2.54 bits per heavy atom. The fraction of sp³-hybridized carbons (Fsp3) is 0.600. The van der Waals surface area contributed by atoms with Gasteiger partial charge in [-0.2, -0.15) is 0 Å². The van der Waals surface area contributed by atoms with Crippen molar-refractivity contribution in [3.8, 4) is 11.5 Å². The fourth-order valence-electron chi connectivity index (χ4n) is 2.51. The topological polar surface area (TPSA) is 84.0 Å². The lowest BCUT2D eigenvalue weighted by atomic mass is 10.2. The summed E-state index contributed by atoms with van der Waals surface area (Å²) in [7, 11) is 1.64. The smallest absolute Gasteiger partial charge is 0.223 e. The molecule has 0 bridgehead atoms. The molecule has 7 nitrogen and oxygen atoms in total. The van der Waals surface area contributed by atoms with Crippen molar-refractivity contribution >= 4 is 35.8 Å². The number of amides is 1. The van der Waals surface area contributed by atoms with Crippen molar-refractivity contribution in [2.24, 2.45) is 10.9 Å². The molecule has 0 aromatic heterocycles. The Morgan fingerprint density at radius 1 is 1.14 bits per heavy atom. The van der Waals surface area contributed by atoms with E-state index in [2.05, 4.69) is 27.9 Å². The second kappa shape index (κ2) is 13.5. The zero-order valence-corrected chi connectivity index (χ0v) is 19.4. The maximum absolute atomic E-state index is 11.6. The van der Waals surface area contributed by atoms with Gasteiger partial charge in [0.05, 0.1) is 20.3 Å². The van der Waals surface area contributed by atoms with E-state index < -0.39 is 0 Å². The summed E-state index contributed by atoms with van der Waals surface area (Å²) >= 11 is 0. The summed E-state index contributed by atoms with van der Waals surface area (Å²) in [4.78, 5) is 16.2. The van der Waals surface area contributed by atoms with E-state index >= 15 is 0 Å². The highest BCUT2D eigenvalue weighted by Crippen LogP contribution is 2.29. The van der Waals surface area contributed by atoms with Crippen LogP contribution in [0.1, 0.15) is 38.7 Å². The molecule has 1 aliphatic carbocycles. The molecule has 2 rings (SSSR count). The minimum absolute atomic E-state index is 0. The van der Waals surface area contributed by atoms with E-state index in [-0.39, 0.29) is 35.8 Å². The Labute approximate surface area is 185 Å². The number of nitrogens with one attached hydrogen (secondary N) is 3. The highest BCUT2D eigenvalue weighted by Gasteiger charge is 2.28. The largest absolute Gasteiger partial charge is 0.493 e. The summed E-state index contributed by atoms with van der Waals surface area (Å²) in [5.74, 6) is 2.60. The molecule has 0 aliphatic heterocycles. The highest BCUT2D eigenvalue weighted by atomic mass is 127. The van der Waals surface area contributed by atoms with Gasteiger partial charge in [0.15, 0.2) is 17.5 Å². The number of carbonyl (C=O) groups is 1. The SMILES string of the molecule is CCCOc1ccc(CN=C(NCC)NCCNC(=O)C2CC2)cc1OC.I. The van der Waals surface area contributed by atoms with Crippen LogP contribution >= 0.6 is 24.0 Å². The van der Waals surface area contributed by atoms with Gasteiger partial charge in [-0.3, -0.25) is 4.79 Å². The third kappa shape index (κ3) is 8.53. The van der Waals surface area contributed by atoms with Crippen LogP contribution in [0, 0.1) is 5.92 Å². The van der Waals surface area contributed by atoms with Crippen LogP contribution < -0.4 is 25.4 Å². The van der Waals surface area contributed by atoms with Crippen LogP contribution in [0.3, 0.4) is 0 Å². The first-order chi connectivity index (χ1) is 13.2. The van der Waals surface area contributed by atoms with Gasteiger partial charge < -0.3 is 25.4 Å². The summed E-state index contributed by atoms with van der Waals surface area (Å²) < 4.78 is 11.1. The van der Waals surface area contributed by atoms with Gasteiger partial charge in [0.1, 0.15) is 0 Å². The molecule has 3 N–H and O–H groups in total. The summed E-state index contributed by atoms with van der Waals surface area (Å²) in [6.07, 6.45) is 3.00. The van der Waals surface area contributed by atoms with E-state index in [1.807, 2.05) is 25.1 Å². The molecule has 158 valence electrons. The zero-order chi connectivity index (χ0) is 19.5. The van der Waals surface area contributed by atoms with Gasteiger partial charge in [-0.1, -0.05) is 13.0 Å². The third-order valence-electron chi connectivity index (χ3n) is 4.12. The van der Waals surface area contributed by atoms with E-state index in [9.17, 15) is 4.79 Å². The van der Waals surface area contributed by atoms with Crippen molar-refractivity contribution in [3.63, 3.8) is 0 Å². The molecule has 1 aromatic carbocycles. The molecule has 0 atom stereocenters. The first-order valence-electron chi connectivity index (χ1n) is 9.77. The van der Waals surface area contributed by atoms with Crippen LogP contribution in [0.4, 0.5) is 0 Å². The summed E-state index contributed by atoms with van der Waals surface area (Å²) in [6.45, 7) is 7.28. The van der Waals surface area contributed by atoms with E-state index in [1.165, 1.54) is 0 Å². The molecule has 28 heavy (non-hydrogen) atoms. The predicted octanol–water partition coefficient (Wildman–Crippen LogP) is 2.68. The number of rotatable bonds is 11. The number of nitrogens with zero attached hydrogens (tertiary/aromatic N) is 1. The summed E-state index contributed by atoms with van der Waals surface area (Å²) in [5.41, 5.74) is 1.04. The van der Waals surface area contributed by atoms with Crippen molar-refractivity contribution in [1.82, 2.24) is 16.0 Å². The standard InChI is InChI=1S/C20H32N4O3.HI/c1-4-12-27-17-9-6-15(13-18(17)26-3)14-24-20(21-5-2)23-11-10-22-19(25)16-7-8-16;/h6,9,13,16H,4-5,7-8,10-12,14H2,1-3H3,(H,22,25)(H2,21,23,24);1H. The molecule has 0 heterocycles. The Morgan fingerprint density at radius 2 is 1.89 bits per heavy atom. The maximum Gasteiger partial charge on any atom is 0.223 e. The van der Waals surface area contributed by atoms with Crippen LogP contribution in [0.5, 0.6) is 11.5 Å². The number of halogens is 1. The van der Waals surface area contributed by atoms with Crippen LogP contribution in [0.15, 0.2) is 23.2 Å². The molecule has 1 aliphatic rings. The number of ether oxygens (including phenoxy) is 2. The predicted molar refractivity (Wildman–Crippen MR) is 123 cm³/mol. The van der Waals surface area contributed by atoms with Crippen molar-refractivity contribution < 1.29 is 14.3 Å². The molecular formula is C20H33IN4O3. The molecule has 1 aromatic rings. The molecular weight excluding hydrogens is 471 g/mol. The molecule has 0 radical (unpaired) electrons. The van der Waals surface area contributed by atoms with Gasteiger partial charge in [0.25, 0.3) is 0 Å². The lowest BCUT2D eigenvalue weighted by Crippen LogP contribution is -2.41.